The lowest BCUT2D eigenvalue weighted by molar-refractivity contribution is -0.142. The maximum absolute atomic E-state index is 10.3. The molecule has 1 aromatic heterocycles. The highest BCUT2D eigenvalue weighted by molar-refractivity contribution is 5.88. The van der Waals surface area contributed by atoms with Crippen LogP contribution in [0.1, 0.15) is 6.04 Å². The van der Waals surface area contributed by atoms with Crippen molar-refractivity contribution in [1.29, 1.82) is 0 Å². The van der Waals surface area contributed by atoms with Gasteiger partial charge in [0.2, 0.25) is 6.04 Å². The monoisotopic (exact) mass is 156 g/mol. The van der Waals surface area contributed by atoms with E-state index in [1.54, 1.807) is 0 Å². The molecule has 0 aromatic carbocycles. The zero-order valence-corrected chi connectivity index (χ0v) is 5.28. The Kier molecular flexibility index (Phi) is 1.90. The minimum Gasteiger partial charge on any atom is -0.479 e. The quantitative estimate of drug-likeness (QED) is 0.422. The van der Waals surface area contributed by atoms with Crippen molar-refractivity contribution in [2.24, 2.45) is 0 Å². The average Bonchev–Trinajstić information content (AvgIpc) is 2.40. The minimum absolute atomic E-state index is 0.249. The number of aliphatic carboxylic acids is 1. The molecule has 1 heterocycles. The smallest absolute Gasteiger partial charge is 0.336 e. The molecule has 1 aromatic rings. The highest BCUT2D eigenvalue weighted by Crippen LogP contribution is 1.97. The van der Waals surface area contributed by atoms with Crippen molar-refractivity contribution in [3.63, 3.8) is 0 Å². The molecule has 0 amide bonds. The minimum atomic E-state index is -1.33. The van der Waals surface area contributed by atoms with Crippen molar-refractivity contribution in [3.8, 4) is 0 Å². The van der Waals surface area contributed by atoms with Crippen LogP contribution < -0.4 is 0 Å². The molecule has 0 spiro atoms. The Morgan fingerprint density at radius 2 is 2.45 bits per heavy atom. The number of hydrogen-bond donors (Lipinski definition) is 1. The number of carboxylic acids is 1. The fourth-order valence-corrected chi connectivity index (χ4v) is 0.530. The first-order chi connectivity index (χ1) is 5.25. The number of aldehydes is 1. The molecule has 58 valence electrons. The first-order valence-corrected chi connectivity index (χ1v) is 2.66. The lowest BCUT2D eigenvalue weighted by atomic mass is 10.3. The predicted octanol–water partition coefficient (Wildman–Crippen LogP) is -1.50. The Labute approximate surface area is 60.6 Å². The Hall–Kier alpha value is -1.79. The summed E-state index contributed by atoms with van der Waals surface area (Å²) in [5, 5.41) is 18.0. The number of carbonyl (C=O) groups excluding carboxylic acids is 1. The second kappa shape index (κ2) is 2.86. The van der Waals surface area contributed by atoms with Crippen LogP contribution in [0.25, 0.3) is 0 Å². The van der Waals surface area contributed by atoms with E-state index >= 15 is 0 Å². The normalized spacial score (nSPS) is 12.4. The first-order valence-electron chi connectivity index (χ1n) is 2.66. The summed E-state index contributed by atoms with van der Waals surface area (Å²) in [5.74, 6) is -1.28. The van der Waals surface area contributed by atoms with E-state index in [4.69, 9.17) is 5.11 Å². The molecule has 11 heavy (non-hydrogen) atoms. The van der Waals surface area contributed by atoms with Gasteiger partial charge < -0.3 is 9.90 Å². The predicted molar refractivity (Wildman–Crippen MR) is 30.6 cm³/mol. The van der Waals surface area contributed by atoms with Gasteiger partial charge in [0.25, 0.3) is 0 Å². The molecule has 0 fully saturated rings. The lowest BCUT2D eigenvalue weighted by Crippen LogP contribution is -2.20. The molecule has 0 radical (unpaired) electrons. The van der Waals surface area contributed by atoms with Gasteiger partial charge >= 0.3 is 5.97 Å². The number of tetrazole rings is 1. The third-order valence-electron chi connectivity index (χ3n) is 1.03. The SMILES string of the molecule is O=CC(C(=O)O)n1cnnn1. The van der Waals surface area contributed by atoms with Crippen LogP contribution in [0.15, 0.2) is 6.33 Å². The summed E-state index contributed by atoms with van der Waals surface area (Å²) in [6.45, 7) is 0. The number of carboxylic acid groups (broad SMARTS) is 1. The van der Waals surface area contributed by atoms with Gasteiger partial charge in [-0.05, 0) is 10.4 Å². The molecule has 1 unspecified atom stereocenters. The van der Waals surface area contributed by atoms with Gasteiger partial charge in [-0.1, -0.05) is 0 Å². The summed E-state index contributed by atoms with van der Waals surface area (Å²) in [7, 11) is 0. The molecule has 0 aliphatic carbocycles. The van der Waals surface area contributed by atoms with E-state index < -0.39 is 12.0 Å². The maximum Gasteiger partial charge on any atom is 0.336 e. The van der Waals surface area contributed by atoms with Gasteiger partial charge in [0.05, 0.1) is 0 Å². The third kappa shape index (κ3) is 1.37. The summed E-state index contributed by atoms with van der Waals surface area (Å²) >= 11 is 0. The van der Waals surface area contributed by atoms with Crippen LogP contribution in [-0.2, 0) is 9.59 Å². The van der Waals surface area contributed by atoms with Crippen molar-refractivity contribution >= 4 is 12.3 Å². The Bertz CT molecular complexity index is 256. The highest BCUT2D eigenvalue weighted by Gasteiger charge is 2.18. The molecular formula is C4H4N4O3. The average molecular weight is 156 g/mol. The second-order valence-corrected chi connectivity index (χ2v) is 1.71. The molecular weight excluding hydrogens is 152 g/mol. The molecule has 7 heteroatoms. The summed E-state index contributed by atoms with van der Waals surface area (Å²) in [6.07, 6.45) is 1.31. The number of nitrogens with zero attached hydrogens (tertiary/aromatic N) is 4. The molecule has 1 rings (SSSR count). The zero-order valence-electron chi connectivity index (χ0n) is 5.28. The van der Waals surface area contributed by atoms with Gasteiger partial charge in [-0.15, -0.1) is 5.10 Å². The Morgan fingerprint density at radius 1 is 1.73 bits per heavy atom. The Morgan fingerprint density at radius 3 is 2.82 bits per heavy atom. The van der Waals surface area contributed by atoms with Crippen molar-refractivity contribution in [2.75, 3.05) is 0 Å². The largest absolute Gasteiger partial charge is 0.479 e. The van der Waals surface area contributed by atoms with Crippen LogP contribution >= 0.6 is 0 Å². The van der Waals surface area contributed by atoms with Crippen LogP contribution in [0.5, 0.6) is 0 Å². The molecule has 0 saturated heterocycles. The van der Waals surface area contributed by atoms with E-state index in [1.807, 2.05) is 0 Å². The molecule has 0 saturated carbocycles. The van der Waals surface area contributed by atoms with Gasteiger partial charge in [-0.25, -0.2) is 9.48 Å². The summed E-state index contributed by atoms with van der Waals surface area (Å²) in [5.41, 5.74) is 0. The zero-order chi connectivity index (χ0) is 8.27. The van der Waals surface area contributed by atoms with Crippen LogP contribution in [0.2, 0.25) is 0 Å². The topological polar surface area (TPSA) is 98.0 Å². The van der Waals surface area contributed by atoms with Crippen LogP contribution in [0.4, 0.5) is 0 Å². The molecule has 7 nitrogen and oxygen atoms in total. The third-order valence-corrected chi connectivity index (χ3v) is 1.03. The number of aromatic nitrogens is 4. The highest BCUT2D eigenvalue weighted by atomic mass is 16.4. The van der Waals surface area contributed by atoms with E-state index in [0.717, 1.165) is 11.0 Å². The molecule has 0 aliphatic rings. The van der Waals surface area contributed by atoms with Crippen molar-refractivity contribution in [2.45, 2.75) is 6.04 Å². The summed E-state index contributed by atoms with van der Waals surface area (Å²) < 4.78 is 0.856. The van der Waals surface area contributed by atoms with Gasteiger partial charge in [0.1, 0.15) is 6.33 Å². The fraction of sp³-hybridized carbons (Fsp3) is 0.250. The molecule has 1 N–H and O–H groups in total. The van der Waals surface area contributed by atoms with Crippen molar-refractivity contribution in [3.05, 3.63) is 6.33 Å². The first kappa shape index (κ1) is 7.32. The van der Waals surface area contributed by atoms with Gasteiger partial charge in [-0.2, -0.15) is 0 Å². The Balaban J connectivity index is 2.88. The van der Waals surface area contributed by atoms with E-state index in [1.165, 1.54) is 0 Å². The fourth-order valence-electron chi connectivity index (χ4n) is 0.530. The van der Waals surface area contributed by atoms with Crippen molar-refractivity contribution in [1.82, 2.24) is 20.2 Å². The van der Waals surface area contributed by atoms with Crippen LogP contribution in [-0.4, -0.2) is 37.6 Å². The number of carbonyl (C=O) groups is 2. The van der Waals surface area contributed by atoms with Gasteiger partial charge in [0.15, 0.2) is 6.29 Å². The molecule has 0 bridgehead atoms. The summed E-state index contributed by atoms with van der Waals surface area (Å²) in [6, 6.07) is -1.33. The number of hydrogen-bond acceptors (Lipinski definition) is 5. The van der Waals surface area contributed by atoms with Gasteiger partial charge in [-0.3, -0.25) is 0 Å². The lowest BCUT2D eigenvalue weighted by Gasteiger charge is -2.00. The standard InChI is InChI=1S/C4H4N4O3/c9-1-3(4(10)11)8-2-5-6-7-8/h1-3H,(H,10,11). The van der Waals surface area contributed by atoms with Crippen LogP contribution in [0, 0.1) is 0 Å². The molecule has 0 aliphatic heterocycles. The maximum atomic E-state index is 10.3. The van der Waals surface area contributed by atoms with Crippen molar-refractivity contribution < 1.29 is 14.7 Å². The van der Waals surface area contributed by atoms with Crippen LogP contribution in [0.3, 0.4) is 0 Å². The van der Waals surface area contributed by atoms with E-state index in [2.05, 4.69) is 15.5 Å². The van der Waals surface area contributed by atoms with Gasteiger partial charge in [0, 0.05) is 0 Å². The second-order valence-electron chi connectivity index (χ2n) is 1.71. The van der Waals surface area contributed by atoms with E-state index in [9.17, 15) is 9.59 Å². The number of rotatable bonds is 3. The van der Waals surface area contributed by atoms with E-state index in [-0.39, 0.29) is 6.29 Å². The van der Waals surface area contributed by atoms with E-state index in [0.29, 0.717) is 0 Å². The molecule has 1 atom stereocenters. The summed E-state index contributed by atoms with van der Waals surface area (Å²) in [4.78, 5) is 20.4.